The molecule has 0 bridgehead atoms. The minimum Gasteiger partial charge on any atom is -0.364 e. The first kappa shape index (κ1) is 13.7. The fourth-order valence-corrected chi connectivity index (χ4v) is 4.56. The lowest BCUT2D eigenvalue weighted by atomic mass is 9.60. The molecule has 0 unspecified atom stereocenters. The summed E-state index contributed by atoms with van der Waals surface area (Å²) in [5.41, 5.74) is 3.25. The Labute approximate surface area is 123 Å². The van der Waals surface area contributed by atoms with E-state index < -0.39 is 0 Å². The molecule has 0 aromatic heterocycles. The summed E-state index contributed by atoms with van der Waals surface area (Å²) >= 11 is 0. The van der Waals surface area contributed by atoms with Crippen molar-refractivity contribution in [2.45, 2.75) is 51.5 Å². The first-order valence-electron chi connectivity index (χ1n) is 8.02. The van der Waals surface area contributed by atoms with E-state index in [4.69, 9.17) is 0 Å². The Morgan fingerprint density at radius 3 is 2.80 bits per heavy atom. The number of rotatable bonds is 2. The first-order chi connectivity index (χ1) is 9.55. The molecular weight excluding hydrogens is 242 g/mol. The number of benzene rings is 1. The molecule has 1 aliphatic carbocycles. The van der Waals surface area contributed by atoms with Gasteiger partial charge >= 0.3 is 0 Å². The van der Waals surface area contributed by atoms with Crippen LogP contribution in [0.4, 0.5) is 5.69 Å². The lowest BCUT2D eigenvalue weighted by Gasteiger charge is -2.54. The number of hydrogen-bond acceptors (Lipinski definition) is 1. The lowest BCUT2D eigenvalue weighted by Crippen LogP contribution is -2.55. The SMILES string of the molecule is C=CCN1c2ccccc2C(C)(C)[C@@H]2CC[C@@H](C)C[C@@H]21. The van der Waals surface area contributed by atoms with E-state index in [1.54, 1.807) is 0 Å². The van der Waals surface area contributed by atoms with Crippen LogP contribution in [0.1, 0.15) is 45.6 Å². The Kier molecular flexibility index (Phi) is 3.40. The van der Waals surface area contributed by atoms with E-state index in [0.717, 1.165) is 18.4 Å². The van der Waals surface area contributed by atoms with E-state index in [-0.39, 0.29) is 0 Å². The first-order valence-corrected chi connectivity index (χ1v) is 8.02. The van der Waals surface area contributed by atoms with Crippen LogP contribution in [0.5, 0.6) is 0 Å². The summed E-state index contributed by atoms with van der Waals surface area (Å²) in [6.45, 7) is 12.3. The molecule has 1 aliphatic heterocycles. The van der Waals surface area contributed by atoms with Crippen LogP contribution in [-0.4, -0.2) is 12.6 Å². The quantitative estimate of drug-likeness (QED) is 0.699. The van der Waals surface area contributed by atoms with Gasteiger partial charge in [0, 0.05) is 18.3 Å². The fourth-order valence-electron chi connectivity index (χ4n) is 4.56. The van der Waals surface area contributed by atoms with Crippen molar-refractivity contribution in [2.24, 2.45) is 11.8 Å². The third kappa shape index (κ3) is 1.99. The van der Waals surface area contributed by atoms with Gasteiger partial charge in [0.15, 0.2) is 0 Å². The van der Waals surface area contributed by atoms with Crippen molar-refractivity contribution >= 4 is 5.69 Å². The van der Waals surface area contributed by atoms with Crippen LogP contribution >= 0.6 is 0 Å². The molecule has 1 aromatic rings. The summed E-state index contributed by atoms with van der Waals surface area (Å²) in [6, 6.07) is 9.69. The third-order valence-electron chi connectivity index (χ3n) is 5.64. The molecule has 20 heavy (non-hydrogen) atoms. The van der Waals surface area contributed by atoms with Gasteiger partial charge in [-0.3, -0.25) is 0 Å². The maximum atomic E-state index is 3.98. The van der Waals surface area contributed by atoms with Crippen molar-refractivity contribution in [3.63, 3.8) is 0 Å². The zero-order valence-corrected chi connectivity index (χ0v) is 13.1. The molecule has 0 radical (unpaired) electrons. The normalized spacial score (nSPS) is 31.4. The molecule has 1 fully saturated rings. The van der Waals surface area contributed by atoms with Crippen LogP contribution in [0.15, 0.2) is 36.9 Å². The van der Waals surface area contributed by atoms with Gasteiger partial charge in [-0.2, -0.15) is 0 Å². The molecule has 0 amide bonds. The highest BCUT2D eigenvalue weighted by Crippen LogP contribution is 2.51. The maximum absolute atomic E-state index is 3.98. The highest BCUT2D eigenvalue weighted by molar-refractivity contribution is 5.61. The summed E-state index contributed by atoms with van der Waals surface area (Å²) in [5, 5.41) is 0. The van der Waals surface area contributed by atoms with Gasteiger partial charge in [-0.05, 0) is 41.7 Å². The van der Waals surface area contributed by atoms with Gasteiger partial charge < -0.3 is 4.90 Å². The van der Waals surface area contributed by atoms with Crippen LogP contribution in [0.25, 0.3) is 0 Å². The summed E-state index contributed by atoms with van der Waals surface area (Å²) < 4.78 is 0. The summed E-state index contributed by atoms with van der Waals surface area (Å²) in [6.07, 6.45) is 6.14. The predicted molar refractivity (Wildman–Crippen MR) is 87.3 cm³/mol. The number of fused-ring (bicyclic) bond motifs is 2. The van der Waals surface area contributed by atoms with E-state index in [1.165, 1.54) is 30.5 Å². The van der Waals surface area contributed by atoms with Gasteiger partial charge in [0.05, 0.1) is 0 Å². The average Bonchev–Trinajstić information content (AvgIpc) is 2.43. The van der Waals surface area contributed by atoms with Crippen molar-refractivity contribution < 1.29 is 0 Å². The topological polar surface area (TPSA) is 3.24 Å². The van der Waals surface area contributed by atoms with Gasteiger partial charge in [-0.25, -0.2) is 0 Å². The molecule has 1 heterocycles. The smallest absolute Gasteiger partial charge is 0.0409 e. The molecule has 3 atom stereocenters. The van der Waals surface area contributed by atoms with Gasteiger partial charge in [0.2, 0.25) is 0 Å². The van der Waals surface area contributed by atoms with E-state index >= 15 is 0 Å². The average molecular weight is 269 g/mol. The minimum atomic E-state index is 0.291. The van der Waals surface area contributed by atoms with Crippen LogP contribution in [0.3, 0.4) is 0 Å². The molecule has 0 spiro atoms. The second-order valence-electron chi connectivity index (χ2n) is 7.27. The second kappa shape index (κ2) is 4.95. The van der Waals surface area contributed by atoms with Crippen molar-refractivity contribution in [3.8, 4) is 0 Å². The highest BCUT2D eigenvalue weighted by atomic mass is 15.2. The molecule has 3 rings (SSSR count). The Morgan fingerprint density at radius 1 is 1.30 bits per heavy atom. The summed E-state index contributed by atoms with van der Waals surface area (Å²) in [4.78, 5) is 2.62. The van der Waals surface area contributed by atoms with Crippen LogP contribution in [-0.2, 0) is 5.41 Å². The minimum absolute atomic E-state index is 0.291. The van der Waals surface area contributed by atoms with Crippen LogP contribution in [0.2, 0.25) is 0 Å². The molecule has 1 heteroatoms. The van der Waals surface area contributed by atoms with Crippen molar-refractivity contribution in [3.05, 3.63) is 42.5 Å². The van der Waals surface area contributed by atoms with E-state index in [0.29, 0.717) is 11.5 Å². The van der Waals surface area contributed by atoms with Crippen LogP contribution in [0, 0.1) is 11.8 Å². The Hall–Kier alpha value is -1.24. The molecule has 1 aromatic carbocycles. The number of hydrogen-bond donors (Lipinski definition) is 0. The predicted octanol–water partition coefficient (Wildman–Crippen LogP) is 4.78. The molecule has 2 aliphatic rings. The number of anilines is 1. The van der Waals surface area contributed by atoms with Crippen molar-refractivity contribution in [1.29, 1.82) is 0 Å². The molecule has 1 saturated carbocycles. The van der Waals surface area contributed by atoms with Gasteiger partial charge in [0.25, 0.3) is 0 Å². The zero-order valence-electron chi connectivity index (χ0n) is 13.1. The van der Waals surface area contributed by atoms with E-state index in [2.05, 4.69) is 62.6 Å². The van der Waals surface area contributed by atoms with Gasteiger partial charge in [0.1, 0.15) is 0 Å². The molecule has 0 saturated heterocycles. The number of para-hydroxylation sites is 1. The second-order valence-corrected chi connectivity index (χ2v) is 7.27. The van der Waals surface area contributed by atoms with E-state index in [1.807, 2.05) is 0 Å². The maximum Gasteiger partial charge on any atom is 0.0409 e. The lowest BCUT2D eigenvalue weighted by molar-refractivity contribution is 0.154. The molecule has 108 valence electrons. The monoisotopic (exact) mass is 269 g/mol. The van der Waals surface area contributed by atoms with E-state index in [9.17, 15) is 0 Å². The zero-order chi connectivity index (χ0) is 14.3. The molecule has 0 N–H and O–H groups in total. The molecular formula is C19H27N. The Morgan fingerprint density at radius 2 is 2.05 bits per heavy atom. The van der Waals surface area contributed by atoms with Crippen molar-refractivity contribution in [1.82, 2.24) is 0 Å². The molecule has 1 nitrogen and oxygen atoms in total. The van der Waals surface area contributed by atoms with Crippen molar-refractivity contribution in [2.75, 3.05) is 11.4 Å². The van der Waals surface area contributed by atoms with Gasteiger partial charge in [-0.15, -0.1) is 6.58 Å². The Bertz CT molecular complexity index is 502. The Balaban J connectivity index is 2.11. The van der Waals surface area contributed by atoms with Gasteiger partial charge in [-0.1, -0.05) is 51.5 Å². The third-order valence-corrected chi connectivity index (χ3v) is 5.64. The highest BCUT2D eigenvalue weighted by Gasteiger charge is 2.47. The summed E-state index contributed by atoms with van der Waals surface area (Å²) in [7, 11) is 0. The van der Waals surface area contributed by atoms with Crippen LogP contribution < -0.4 is 4.90 Å². The fraction of sp³-hybridized carbons (Fsp3) is 0.579. The standard InChI is InChI=1S/C19H27N/c1-5-12-20-17-9-7-6-8-15(17)19(3,4)16-11-10-14(2)13-18(16)20/h5-9,14,16,18H,1,10-13H2,2-4H3/t14-,16-,18+/m1/s1. The number of nitrogens with zero attached hydrogens (tertiary/aromatic N) is 1. The summed E-state index contributed by atoms with van der Waals surface area (Å²) in [5.74, 6) is 1.62. The largest absolute Gasteiger partial charge is 0.364 e.